The van der Waals surface area contributed by atoms with E-state index in [1.54, 1.807) is 0 Å². The van der Waals surface area contributed by atoms with Crippen LogP contribution in [0.15, 0.2) is 203 Å². The van der Waals surface area contributed by atoms with Crippen molar-refractivity contribution in [1.82, 2.24) is 4.98 Å². The molecular weight excluding hydrogens is 673 g/mol. The second kappa shape index (κ2) is 12.6. The topological polar surface area (TPSA) is 42.4 Å². The van der Waals surface area contributed by atoms with Crippen LogP contribution in [0.4, 0.5) is 17.1 Å². The summed E-state index contributed by atoms with van der Waals surface area (Å²) in [5, 5.41) is 6.62. The summed E-state index contributed by atoms with van der Waals surface area (Å²) in [6.07, 6.45) is 0. The molecule has 55 heavy (non-hydrogen) atoms. The van der Waals surface area contributed by atoms with Crippen molar-refractivity contribution in [2.24, 2.45) is 0 Å². The molecule has 0 spiro atoms. The monoisotopic (exact) mass is 704 g/mol. The normalized spacial score (nSPS) is 11.6. The van der Waals surface area contributed by atoms with Crippen molar-refractivity contribution < 1.29 is 8.83 Å². The molecule has 0 saturated heterocycles. The number of oxazole rings is 1. The van der Waals surface area contributed by atoms with E-state index in [1.807, 2.05) is 36.4 Å². The molecule has 0 aliphatic rings. The quantitative estimate of drug-likeness (QED) is 0.173. The number of benzene rings is 9. The highest BCUT2D eigenvalue weighted by atomic mass is 16.3. The van der Waals surface area contributed by atoms with Gasteiger partial charge in [-0.3, -0.25) is 0 Å². The molecule has 0 aliphatic carbocycles. The summed E-state index contributed by atoms with van der Waals surface area (Å²) < 4.78 is 13.2. The second-order valence-corrected chi connectivity index (χ2v) is 14.0. The number of anilines is 3. The zero-order chi connectivity index (χ0) is 36.3. The molecule has 258 valence electrons. The van der Waals surface area contributed by atoms with E-state index in [9.17, 15) is 0 Å². The molecule has 0 amide bonds. The van der Waals surface area contributed by atoms with Gasteiger partial charge >= 0.3 is 0 Å². The summed E-state index contributed by atoms with van der Waals surface area (Å²) in [6, 6.07) is 68.2. The van der Waals surface area contributed by atoms with Crippen molar-refractivity contribution in [3.63, 3.8) is 0 Å². The predicted octanol–water partition coefficient (Wildman–Crippen LogP) is 14.5. The fraction of sp³-hybridized carbons (Fsp3) is 0. The van der Waals surface area contributed by atoms with Gasteiger partial charge in [-0.1, -0.05) is 127 Å². The number of nitrogens with zero attached hydrogens (tertiary/aromatic N) is 2. The summed E-state index contributed by atoms with van der Waals surface area (Å²) in [5.41, 5.74) is 11.9. The molecule has 9 aromatic carbocycles. The Balaban J connectivity index is 1.05. The maximum Gasteiger partial charge on any atom is 0.228 e. The first-order chi connectivity index (χ1) is 27.2. The fourth-order valence-corrected chi connectivity index (χ4v) is 7.98. The zero-order valence-electron chi connectivity index (χ0n) is 29.7. The van der Waals surface area contributed by atoms with Gasteiger partial charge in [0.2, 0.25) is 5.89 Å². The fourth-order valence-electron chi connectivity index (χ4n) is 7.98. The molecule has 0 saturated carbocycles. The van der Waals surface area contributed by atoms with Gasteiger partial charge in [-0.15, -0.1) is 0 Å². The van der Waals surface area contributed by atoms with Crippen LogP contribution in [0.2, 0.25) is 0 Å². The van der Waals surface area contributed by atoms with Gasteiger partial charge in [-0.25, -0.2) is 4.98 Å². The lowest BCUT2D eigenvalue weighted by molar-refractivity contribution is 0.623. The molecule has 0 unspecified atom stereocenters. The lowest BCUT2D eigenvalue weighted by atomic mass is 10.00. The van der Waals surface area contributed by atoms with E-state index in [4.69, 9.17) is 13.8 Å². The van der Waals surface area contributed by atoms with Crippen molar-refractivity contribution in [1.29, 1.82) is 0 Å². The van der Waals surface area contributed by atoms with Crippen LogP contribution in [0.1, 0.15) is 0 Å². The van der Waals surface area contributed by atoms with E-state index in [1.165, 1.54) is 27.5 Å². The van der Waals surface area contributed by atoms with Crippen LogP contribution in [0, 0.1) is 0 Å². The molecule has 11 rings (SSSR count). The van der Waals surface area contributed by atoms with Crippen LogP contribution in [0.5, 0.6) is 0 Å². The third-order valence-corrected chi connectivity index (χ3v) is 10.7. The van der Waals surface area contributed by atoms with Gasteiger partial charge in [0.15, 0.2) is 5.58 Å². The summed E-state index contributed by atoms with van der Waals surface area (Å²) in [7, 11) is 0. The average Bonchev–Trinajstić information content (AvgIpc) is 3.86. The molecule has 0 atom stereocenters. The van der Waals surface area contributed by atoms with Gasteiger partial charge in [0.25, 0.3) is 0 Å². The van der Waals surface area contributed by atoms with Gasteiger partial charge in [0.1, 0.15) is 16.7 Å². The third-order valence-electron chi connectivity index (χ3n) is 10.7. The van der Waals surface area contributed by atoms with Crippen LogP contribution in [-0.4, -0.2) is 4.98 Å². The van der Waals surface area contributed by atoms with Gasteiger partial charge in [0.05, 0.1) is 0 Å². The summed E-state index contributed by atoms with van der Waals surface area (Å²) >= 11 is 0. The van der Waals surface area contributed by atoms with Gasteiger partial charge in [0, 0.05) is 44.9 Å². The number of hydrogen-bond acceptors (Lipinski definition) is 4. The van der Waals surface area contributed by atoms with E-state index in [2.05, 4.69) is 163 Å². The number of aromatic nitrogens is 1. The van der Waals surface area contributed by atoms with E-state index < -0.39 is 0 Å². The van der Waals surface area contributed by atoms with E-state index in [0.717, 1.165) is 72.0 Å². The molecule has 2 aromatic heterocycles. The predicted molar refractivity (Wildman–Crippen MR) is 227 cm³/mol. The Morgan fingerprint density at radius 2 is 1.05 bits per heavy atom. The Bertz CT molecular complexity index is 3210. The van der Waals surface area contributed by atoms with Crippen LogP contribution < -0.4 is 4.90 Å². The Labute approximate surface area is 317 Å². The van der Waals surface area contributed by atoms with Crippen molar-refractivity contribution in [2.45, 2.75) is 0 Å². The van der Waals surface area contributed by atoms with Gasteiger partial charge in [-0.2, -0.15) is 0 Å². The molecule has 0 radical (unpaired) electrons. The maximum atomic E-state index is 6.64. The highest BCUT2D eigenvalue weighted by Gasteiger charge is 2.20. The first-order valence-corrected chi connectivity index (χ1v) is 18.5. The van der Waals surface area contributed by atoms with Crippen LogP contribution >= 0.6 is 0 Å². The SMILES string of the molecule is c1ccc(-c2ccc(N(c3cccc(-c4ccc5ccccc5c4)c3)c3ccc4c(c3)oc3cccc(-c5nc6ccc7ccccc7c6o5)c34)cc2)cc1. The molecule has 0 bridgehead atoms. The molecule has 4 nitrogen and oxygen atoms in total. The molecule has 2 heterocycles. The number of fused-ring (bicyclic) bond motifs is 7. The molecule has 4 heteroatoms. The van der Waals surface area contributed by atoms with Crippen molar-refractivity contribution >= 4 is 71.6 Å². The van der Waals surface area contributed by atoms with Crippen molar-refractivity contribution in [2.75, 3.05) is 4.90 Å². The van der Waals surface area contributed by atoms with Crippen LogP contribution in [0.25, 0.3) is 88.3 Å². The lowest BCUT2D eigenvalue weighted by Gasteiger charge is -2.26. The zero-order valence-corrected chi connectivity index (χ0v) is 29.7. The van der Waals surface area contributed by atoms with E-state index in [-0.39, 0.29) is 0 Å². The Kier molecular flexibility index (Phi) is 7.14. The smallest absolute Gasteiger partial charge is 0.228 e. The van der Waals surface area contributed by atoms with Crippen molar-refractivity contribution in [3.05, 3.63) is 194 Å². The van der Waals surface area contributed by atoms with Crippen LogP contribution in [-0.2, 0) is 0 Å². The van der Waals surface area contributed by atoms with E-state index >= 15 is 0 Å². The van der Waals surface area contributed by atoms with Gasteiger partial charge in [-0.05, 0) is 99.1 Å². The molecular formula is C51H32N2O2. The molecule has 0 aliphatic heterocycles. The van der Waals surface area contributed by atoms with Crippen LogP contribution in [0.3, 0.4) is 0 Å². The van der Waals surface area contributed by atoms with Gasteiger partial charge < -0.3 is 13.7 Å². The Hall–Kier alpha value is -7.43. The first-order valence-electron chi connectivity index (χ1n) is 18.5. The summed E-state index contributed by atoms with van der Waals surface area (Å²) in [5.74, 6) is 0.578. The first kappa shape index (κ1) is 31.1. The third kappa shape index (κ3) is 5.34. The summed E-state index contributed by atoms with van der Waals surface area (Å²) in [6.45, 7) is 0. The Morgan fingerprint density at radius 3 is 1.95 bits per heavy atom. The standard InChI is InChI=1S/C51H32N2O2/c1-2-10-33(11-3-1)35-22-25-40(26-23-35)53(41-16-8-15-38(31-41)39-21-20-34-12-4-5-14-37(34)30-39)42-27-28-44-48(32-42)54-47-19-9-18-45(49(44)47)51-52-46-29-24-36-13-6-7-17-43(36)50(46)55-51/h1-32H. The largest absolute Gasteiger partial charge is 0.456 e. The number of rotatable bonds is 6. The second-order valence-electron chi connectivity index (χ2n) is 14.0. The minimum absolute atomic E-state index is 0.578. The Morgan fingerprint density at radius 1 is 0.382 bits per heavy atom. The number of hydrogen-bond donors (Lipinski definition) is 0. The number of furan rings is 1. The summed E-state index contributed by atoms with van der Waals surface area (Å²) in [4.78, 5) is 7.26. The highest BCUT2D eigenvalue weighted by molar-refractivity contribution is 6.13. The lowest BCUT2D eigenvalue weighted by Crippen LogP contribution is -2.10. The molecule has 0 N–H and O–H groups in total. The highest BCUT2D eigenvalue weighted by Crippen LogP contribution is 2.43. The molecule has 11 aromatic rings. The van der Waals surface area contributed by atoms with Crippen molar-refractivity contribution in [3.8, 4) is 33.7 Å². The maximum absolute atomic E-state index is 6.64. The average molecular weight is 705 g/mol. The minimum Gasteiger partial charge on any atom is -0.456 e. The van der Waals surface area contributed by atoms with E-state index in [0.29, 0.717) is 5.89 Å². The minimum atomic E-state index is 0.578. The molecule has 0 fully saturated rings.